The van der Waals surface area contributed by atoms with Gasteiger partial charge in [-0.1, -0.05) is 31.5 Å². The van der Waals surface area contributed by atoms with Crippen molar-refractivity contribution in [3.05, 3.63) is 42.3 Å². The molecule has 1 aliphatic rings. The van der Waals surface area contributed by atoms with E-state index in [2.05, 4.69) is 25.1 Å². The smallest absolute Gasteiger partial charge is 0.230 e. The molecule has 2 atom stereocenters. The fourth-order valence-electron chi connectivity index (χ4n) is 2.53. The molecule has 0 saturated heterocycles. The maximum atomic E-state index is 5.94. The van der Waals surface area contributed by atoms with E-state index in [1.807, 2.05) is 24.1 Å². The number of nitrogens with zero attached hydrogens (tertiary/aromatic N) is 1. The maximum Gasteiger partial charge on any atom is 0.230 e. The summed E-state index contributed by atoms with van der Waals surface area (Å²) in [5.41, 5.74) is 8.27. The summed E-state index contributed by atoms with van der Waals surface area (Å²) in [7, 11) is 0. The zero-order valence-corrected chi connectivity index (χ0v) is 12.3. The third-order valence-electron chi connectivity index (χ3n) is 3.44. The molecular weight excluding hydrogens is 252 g/mol. The number of benzene rings is 1. The number of ether oxygens (including phenoxy) is 2. The van der Waals surface area contributed by atoms with Crippen LogP contribution in [-0.2, 0) is 15.9 Å². The van der Waals surface area contributed by atoms with Crippen LogP contribution in [0, 0.1) is 0 Å². The summed E-state index contributed by atoms with van der Waals surface area (Å²) in [6.45, 7) is 4.98. The van der Waals surface area contributed by atoms with E-state index in [-0.39, 0.29) is 6.10 Å². The van der Waals surface area contributed by atoms with Crippen LogP contribution in [0.15, 0.2) is 36.7 Å². The molecule has 0 aromatic heterocycles. The molecule has 1 aromatic rings. The van der Waals surface area contributed by atoms with Crippen LogP contribution in [-0.4, -0.2) is 19.1 Å². The third-order valence-corrected chi connectivity index (χ3v) is 3.44. The lowest BCUT2D eigenvalue weighted by Crippen LogP contribution is -2.36. The van der Waals surface area contributed by atoms with Crippen molar-refractivity contribution in [3.8, 4) is 0 Å². The van der Waals surface area contributed by atoms with E-state index in [1.165, 1.54) is 5.56 Å². The lowest BCUT2D eigenvalue weighted by molar-refractivity contribution is 0.0567. The largest absolute Gasteiger partial charge is 0.463 e. The van der Waals surface area contributed by atoms with E-state index in [0.29, 0.717) is 0 Å². The van der Waals surface area contributed by atoms with Crippen molar-refractivity contribution in [1.82, 2.24) is 0 Å². The Morgan fingerprint density at radius 1 is 1.35 bits per heavy atom. The Bertz CT molecular complexity index is 442. The molecule has 110 valence electrons. The maximum absolute atomic E-state index is 5.94. The van der Waals surface area contributed by atoms with Crippen molar-refractivity contribution in [2.75, 3.05) is 11.5 Å². The van der Waals surface area contributed by atoms with Crippen LogP contribution in [0.5, 0.6) is 0 Å². The topological polar surface area (TPSA) is 47.7 Å². The predicted octanol–water partition coefficient (Wildman–Crippen LogP) is 2.98. The zero-order chi connectivity index (χ0) is 14.4. The van der Waals surface area contributed by atoms with E-state index >= 15 is 0 Å². The van der Waals surface area contributed by atoms with E-state index in [0.717, 1.165) is 31.6 Å². The molecule has 20 heavy (non-hydrogen) atoms. The van der Waals surface area contributed by atoms with Crippen molar-refractivity contribution in [1.29, 1.82) is 0 Å². The average Bonchev–Trinajstić information content (AvgIpc) is 2.86. The molecule has 2 rings (SSSR count). The molecule has 0 aliphatic carbocycles. The predicted molar refractivity (Wildman–Crippen MR) is 81.1 cm³/mol. The lowest BCUT2D eigenvalue weighted by Gasteiger charge is -2.25. The quantitative estimate of drug-likeness (QED) is 0.831. The number of hydrogen-bond acceptors (Lipinski definition) is 4. The van der Waals surface area contributed by atoms with Crippen molar-refractivity contribution in [2.45, 2.75) is 45.6 Å². The van der Waals surface area contributed by atoms with Crippen LogP contribution in [0.25, 0.3) is 0 Å². The summed E-state index contributed by atoms with van der Waals surface area (Å²) in [5.74, 6) is 0. The Morgan fingerprint density at radius 2 is 2.15 bits per heavy atom. The van der Waals surface area contributed by atoms with Crippen molar-refractivity contribution in [3.63, 3.8) is 0 Å². The summed E-state index contributed by atoms with van der Waals surface area (Å²) in [5, 5.41) is 0. The molecule has 0 amide bonds. The van der Waals surface area contributed by atoms with Crippen LogP contribution in [0.4, 0.5) is 5.69 Å². The summed E-state index contributed by atoms with van der Waals surface area (Å²) in [4.78, 5) is 1.95. The van der Waals surface area contributed by atoms with Crippen LogP contribution < -0.4 is 10.6 Å². The highest BCUT2D eigenvalue weighted by Gasteiger charge is 2.21. The van der Waals surface area contributed by atoms with Crippen LogP contribution in [0.2, 0.25) is 0 Å². The van der Waals surface area contributed by atoms with Gasteiger partial charge in [0.1, 0.15) is 6.26 Å². The van der Waals surface area contributed by atoms with Gasteiger partial charge in [0, 0.05) is 24.9 Å². The molecule has 4 heteroatoms. The Hall–Kier alpha value is -1.52. The third kappa shape index (κ3) is 3.52. The van der Waals surface area contributed by atoms with E-state index in [9.17, 15) is 0 Å². The molecule has 1 aliphatic heterocycles. The molecule has 1 aromatic carbocycles. The molecule has 0 bridgehead atoms. The second kappa shape index (κ2) is 7.31. The number of rotatable bonds is 7. The highest BCUT2D eigenvalue weighted by atomic mass is 16.5. The van der Waals surface area contributed by atoms with Gasteiger partial charge in [-0.05, 0) is 25.0 Å². The molecule has 4 nitrogen and oxygen atoms in total. The van der Waals surface area contributed by atoms with Gasteiger partial charge in [-0.3, -0.25) is 10.6 Å². The van der Waals surface area contributed by atoms with Gasteiger partial charge >= 0.3 is 0 Å². The van der Waals surface area contributed by atoms with E-state index in [4.69, 9.17) is 15.2 Å². The first-order chi connectivity index (χ1) is 9.76. The van der Waals surface area contributed by atoms with Crippen molar-refractivity contribution >= 4 is 5.69 Å². The van der Waals surface area contributed by atoms with Gasteiger partial charge in [0.25, 0.3) is 0 Å². The normalized spacial score (nSPS) is 19.1. The lowest BCUT2D eigenvalue weighted by atomic mass is 10.0. The van der Waals surface area contributed by atoms with Gasteiger partial charge < -0.3 is 9.47 Å². The van der Waals surface area contributed by atoms with Crippen LogP contribution in [0.3, 0.4) is 0 Å². The monoisotopic (exact) mass is 276 g/mol. The highest BCUT2D eigenvalue weighted by Crippen LogP contribution is 2.27. The minimum Gasteiger partial charge on any atom is -0.463 e. The molecule has 0 fully saturated rings. The fraction of sp³-hybridized carbons (Fsp3) is 0.500. The molecular formula is C16H24N2O2. The Morgan fingerprint density at radius 3 is 2.80 bits per heavy atom. The standard InChI is InChI=1S/C16H24N2O2/c1-3-7-14(19-4-2)12-13-8-5-6-9-15(13)18-10-11-20-16(18)17/h5-6,8-11,14,16H,3-4,7,12,17H2,1-2H3. The molecule has 0 radical (unpaired) electrons. The number of para-hydroxylation sites is 1. The van der Waals surface area contributed by atoms with E-state index < -0.39 is 6.35 Å². The number of nitrogens with two attached hydrogens (primary N) is 1. The minimum absolute atomic E-state index is 0.259. The van der Waals surface area contributed by atoms with Crippen molar-refractivity contribution in [2.24, 2.45) is 5.73 Å². The van der Waals surface area contributed by atoms with Gasteiger partial charge in [0.15, 0.2) is 0 Å². The van der Waals surface area contributed by atoms with E-state index in [1.54, 1.807) is 6.26 Å². The van der Waals surface area contributed by atoms with Crippen molar-refractivity contribution < 1.29 is 9.47 Å². The van der Waals surface area contributed by atoms with Gasteiger partial charge in [-0.2, -0.15) is 0 Å². The second-order valence-corrected chi connectivity index (χ2v) is 4.92. The summed E-state index contributed by atoms with van der Waals surface area (Å²) >= 11 is 0. The first-order valence-electron chi connectivity index (χ1n) is 7.31. The van der Waals surface area contributed by atoms with Gasteiger partial charge in [-0.15, -0.1) is 0 Å². The second-order valence-electron chi connectivity index (χ2n) is 4.92. The minimum atomic E-state index is -0.437. The fourth-order valence-corrected chi connectivity index (χ4v) is 2.53. The molecule has 0 saturated carbocycles. The number of anilines is 1. The first-order valence-corrected chi connectivity index (χ1v) is 7.31. The Labute approximate surface area is 121 Å². The molecule has 0 spiro atoms. The first kappa shape index (κ1) is 14.9. The molecule has 1 heterocycles. The zero-order valence-electron chi connectivity index (χ0n) is 12.3. The Kier molecular flexibility index (Phi) is 5.44. The average molecular weight is 276 g/mol. The summed E-state index contributed by atoms with van der Waals surface area (Å²) in [6, 6.07) is 8.28. The Balaban J connectivity index is 2.16. The number of hydrogen-bond donors (Lipinski definition) is 1. The van der Waals surface area contributed by atoms with Crippen LogP contribution >= 0.6 is 0 Å². The summed E-state index contributed by atoms with van der Waals surface area (Å²) in [6.07, 6.45) is 6.42. The highest BCUT2D eigenvalue weighted by molar-refractivity contribution is 5.57. The van der Waals surface area contributed by atoms with Gasteiger partial charge in [-0.25, -0.2) is 0 Å². The SMILES string of the molecule is CCCC(Cc1ccccc1N1C=COC1N)OCC. The van der Waals surface area contributed by atoms with Crippen LogP contribution in [0.1, 0.15) is 32.3 Å². The molecule has 2 unspecified atom stereocenters. The summed E-state index contributed by atoms with van der Waals surface area (Å²) < 4.78 is 11.1. The molecule has 2 N–H and O–H groups in total. The van der Waals surface area contributed by atoms with Gasteiger partial charge in [0.05, 0.1) is 6.10 Å². The van der Waals surface area contributed by atoms with Gasteiger partial charge in [0.2, 0.25) is 6.35 Å².